The van der Waals surface area contributed by atoms with Crippen molar-refractivity contribution < 1.29 is 19.1 Å². The second-order valence-corrected chi connectivity index (χ2v) is 9.60. The molecule has 2 heterocycles. The fourth-order valence-corrected chi connectivity index (χ4v) is 4.88. The summed E-state index contributed by atoms with van der Waals surface area (Å²) in [5.74, 6) is 0.752. The highest BCUT2D eigenvalue weighted by molar-refractivity contribution is 7.99. The summed E-state index contributed by atoms with van der Waals surface area (Å²) < 4.78 is 13.0. The van der Waals surface area contributed by atoms with Gasteiger partial charge < -0.3 is 19.4 Å². The van der Waals surface area contributed by atoms with E-state index in [0.29, 0.717) is 44.0 Å². The quantitative estimate of drug-likeness (QED) is 0.290. The lowest BCUT2D eigenvalue weighted by atomic mass is 10.2. The number of nitrogens with one attached hydrogen (secondary N) is 1. The molecule has 0 saturated heterocycles. The van der Waals surface area contributed by atoms with Gasteiger partial charge in [-0.25, -0.2) is 9.78 Å². The SMILES string of the molecule is CCOC(=O)c1sc(NC(=O)CSc2nnc(C(C)Oc3ccc(Cl)c(C)c3)n2CC)nc1C. The maximum absolute atomic E-state index is 12.5. The van der Waals surface area contributed by atoms with E-state index in [1.165, 1.54) is 11.8 Å². The lowest BCUT2D eigenvalue weighted by Gasteiger charge is -2.16. The lowest BCUT2D eigenvalue weighted by Crippen LogP contribution is -2.15. The number of ether oxygens (including phenoxy) is 2. The van der Waals surface area contributed by atoms with Gasteiger partial charge in [0, 0.05) is 11.6 Å². The number of aromatic nitrogens is 4. The molecule has 0 saturated carbocycles. The van der Waals surface area contributed by atoms with Crippen LogP contribution < -0.4 is 10.1 Å². The minimum atomic E-state index is -0.443. The number of esters is 1. The van der Waals surface area contributed by atoms with Crippen molar-refractivity contribution in [1.82, 2.24) is 19.7 Å². The van der Waals surface area contributed by atoms with E-state index in [0.717, 1.165) is 16.9 Å². The number of rotatable bonds is 10. The molecule has 0 aliphatic carbocycles. The van der Waals surface area contributed by atoms with E-state index in [1.54, 1.807) is 19.9 Å². The summed E-state index contributed by atoms with van der Waals surface area (Å²) in [4.78, 5) is 29.0. The number of benzene rings is 1. The Kier molecular flexibility index (Phi) is 8.92. The average molecular weight is 524 g/mol. The molecule has 12 heteroatoms. The fourth-order valence-electron chi connectivity index (χ4n) is 3.07. The number of thiazole rings is 1. The molecule has 1 unspecified atom stereocenters. The normalized spacial score (nSPS) is 11.8. The van der Waals surface area contributed by atoms with Crippen LogP contribution in [0, 0.1) is 13.8 Å². The smallest absolute Gasteiger partial charge is 0.350 e. The van der Waals surface area contributed by atoms with Gasteiger partial charge in [-0.1, -0.05) is 34.7 Å². The van der Waals surface area contributed by atoms with Gasteiger partial charge in [-0.15, -0.1) is 10.2 Å². The molecule has 182 valence electrons. The van der Waals surface area contributed by atoms with Crippen LogP contribution >= 0.6 is 34.7 Å². The topological polar surface area (TPSA) is 108 Å². The van der Waals surface area contributed by atoms with Crippen LogP contribution in [0.2, 0.25) is 5.02 Å². The molecule has 1 N–H and O–H groups in total. The van der Waals surface area contributed by atoms with Gasteiger partial charge >= 0.3 is 5.97 Å². The van der Waals surface area contributed by atoms with Crippen LogP contribution in [0.25, 0.3) is 0 Å². The number of aryl methyl sites for hydroxylation is 2. The summed E-state index contributed by atoms with van der Waals surface area (Å²) in [5.41, 5.74) is 1.45. The van der Waals surface area contributed by atoms with Gasteiger partial charge in [-0.2, -0.15) is 0 Å². The Hall–Kier alpha value is -2.63. The third-order valence-electron chi connectivity index (χ3n) is 4.70. The van der Waals surface area contributed by atoms with Crippen LogP contribution in [0.3, 0.4) is 0 Å². The van der Waals surface area contributed by atoms with Crippen LogP contribution in [-0.2, 0) is 16.1 Å². The van der Waals surface area contributed by atoms with E-state index >= 15 is 0 Å². The van der Waals surface area contributed by atoms with Crippen molar-refractivity contribution in [2.45, 2.75) is 52.4 Å². The highest BCUT2D eigenvalue weighted by Gasteiger charge is 2.21. The molecule has 0 fully saturated rings. The van der Waals surface area contributed by atoms with E-state index in [2.05, 4.69) is 20.5 Å². The average Bonchev–Trinajstić information content (AvgIpc) is 3.37. The first-order chi connectivity index (χ1) is 16.2. The molecular formula is C22H26ClN5O4S2. The molecule has 1 amide bonds. The van der Waals surface area contributed by atoms with E-state index in [4.69, 9.17) is 21.1 Å². The number of carbonyl (C=O) groups excluding carboxylic acids is 2. The molecule has 0 bridgehead atoms. The predicted molar refractivity (Wildman–Crippen MR) is 133 cm³/mol. The highest BCUT2D eigenvalue weighted by atomic mass is 35.5. The van der Waals surface area contributed by atoms with Crippen LogP contribution in [0.5, 0.6) is 5.75 Å². The summed E-state index contributed by atoms with van der Waals surface area (Å²) in [6.45, 7) is 10.1. The number of hydrogen-bond acceptors (Lipinski definition) is 9. The molecule has 0 aliphatic rings. The summed E-state index contributed by atoms with van der Waals surface area (Å²) in [6.07, 6.45) is -0.351. The van der Waals surface area contributed by atoms with Gasteiger partial charge in [0.25, 0.3) is 0 Å². The third-order valence-corrected chi connectivity index (χ3v) is 7.15. The van der Waals surface area contributed by atoms with Crippen LogP contribution in [0.1, 0.15) is 53.6 Å². The number of nitrogens with zero attached hydrogens (tertiary/aromatic N) is 4. The standard InChI is InChI=1S/C22H26ClN5O4S2/c1-6-28-19(14(5)32-15-8-9-16(23)12(3)10-15)26-27-22(28)33-11-17(29)25-21-24-13(4)18(34-21)20(30)31-7-2/h8-10,14H,6-7,11H2,1-5H3,(H,24,25,29). The maximum atomic E-state index is 12.5. The number of anilines is 1. The van der Waals surface area contributed by atoms with Crippen LogP contribution in [0.4, 0.5) is 5.13 Å². The van der Waals surface area contributed by atoms with Crippen molar-refractivity contribution in [3.63, 3.8) is 0 Å². The fraction of sp³-hybridized carbons (Fsp3) is 0.409. The summed E-state index contributed by atoms with van der Waals surface area (Å²) in [7, 11) is 0. The van der Waals surface area contributed by atoms with Gasteiger partial charge in [0.15, 0.2) is 22.2 Å². The van der Waals surface area contributed by atoms with Crippen molar-refractivity contribution in [3.05, 3.63) is 45.2 Å². The number of halogens is 1. The molecule has 1 aromatic carbocycles. The number of thioether (sulfide) groups is 1. The predicted octanol–water partition coefficient (Wildman–Crippen LogP) is 5.07. The second kappa shape index (κ2) is 11.7. The van der Waals surface area contributed by atoms with Gasteiger partial charge in [-0.05, 0) is 58.4 Å². The van der Waals surface area contributed by atoms with Crippen LogP contribution in [-0.4, -0.2) is 44.0 Å². The molecular weight excluding hydrogens is 498 g/mol. The zero-order valence-corrected chi connectivity index (χ0v) is 21.9. The summed E-state index contributed by atoms with van der Waals surface area (Å²) in [6, 6.07) is 5.48. The number of hydrogen-bond donors (Lipinski definition) is 1. The third kappa shape index (κ3) is 6.28. The van der Waals surface area contributed by atoms with Gasteiger partial charge in [0.2, 0.25) is 5.91 Å². The highest BCUT2D eigenvalue weighted by Crippen LogP contribution is 2.28. The second-order valence-electron chi connectivity index (χ2n) is 7.25. The molecule has 9 nitrogen and oxygen atoms in total. The summed E-state index contributed by atoms with van der Waals surface area (Å²) >= 11 is 8.44. The monoisotopic (exact) mass is 523 g/mol. The van der Waals surface area contributed by atoms with E-state index in [1.807, 2.05) is 37.5 Å². The maximum Gasteiger partial charge on any atom is 0.350 e. The minimum absolute atomic E-state index is 0.108. The summed E-state index contributed by atoms with van der Waals surface area (Å²) in [5, 5.41) is 12.9. The van der Waals surface area contributed by atoms with Crippen LogP contribution in [0.15, 0.2) is 23.4 Å². The first-order valence-electron chi connectivity index (χ1n) is 10.7. The Morgan fingerprint density at radius 3 is 2.71 bits per heavy atom. The largest absolute Gasteiger partial charge is 0.483 e. The molecule has 0 aliphatic heterocycles. The lowest BCUT2D eigenvalue weighted by molar-refractivity contribution is -0.113. The Bertz CT molecular complexity index is 1180. The first kappa shape index (κ1) is 26.0. The Morgan fingerprint density at radius 2 is 2.03 bits per heavy atom. The zero-order valence-electron chi connectivity index (χ0n) is 19.5. The molecule has 34 heavy (non-hydrogen) atoms. The van der Waals surface area contributed by atoms with Crippen molar-refractivity contribution in [3.8, 4) is 5.75 Å². The zero-order chi connectivity index (χ0) is 24.8. The Morgan fingerprint density at radius 1 is 1.26 bits per heavy atom. The van der Waals surface area contributed by atoms with Gasteiger partial charge in [0.1, 0.15) is 10.6 Å². The van der Waals surface area contributed by atoms with Crippen molar-refractivity contribution in [2.24, 2.45) is 0 Å². The number of amides is 1. The number of carbonyl (C=O) groups is 2. The van der Waals surface area contributed by atoms with Gasteiger partial charge in [-0.3, -0.25) is 4.79 Å². The van der Waals surface area contributed by atoms with E-state index in [-0.39, 0.29) is 24.4 Å². The van der Waals surface area contributed by atoms with Crippen molar-refractivity contribution >= 4 is 51.7 Å². The van der Waals surface area contributed by atoms with E-state index in [9.17, 15) is 9.59 Å². The van der Waals surface area contributed by atoms with Gasteiger partial charge in [0.05, 0.1) is 18.1 Å². The molecule has 2 aromatic heterocycles. The molecule has 0 spiro atoms. The molecule has 1 atom stereocenters. The molecule has 3 aromatic rings. The molecule has 0 radical (unpaired) electrons. The van der Waals surface area contributed by atoms with Crippen molar-refractivity contribution in [1.29, 1.82) is 0 Å². The van der Waals surface area contributed by atoms with Crippen molar-refractivity contribution in [2.75, 3.05) is 17.7 Å². The van der Waals surface area contributed by atoms with E-state index < -0.39 is 5.97 Å². The Balaban J connectivity index is 1.62. The molecule has 3 rings (SSSR count). The minimum Gasteiger partial charge on any atom is -0.483 e. The first-order valence-corrected chi connectivity index (χ1v) is 12.8. The Labute approximate surface area is 211 Å².